The molecule has 2 aromatic rings. The first-order chi connectivity index (χ1) is 7.42. The summed E-state index contributed by atoms with van der Waals surface area (Å²) in [6.45, 7) is 3.23. The maximum absolute atomic E-state index is 4.45. The van der Waals surface area contributed by atoms with E-state index in [-0.39, 0.29) is 0 Å². The Hall–Kier alpha value is -1.07. The first-order valence-corrected chi connectivity index (χ1v) is 6.07. The molecule has 0 radical (unpaired) electrons. The summed E-state index contributed by atoms with van der Waals surface area (Å²) in [5, 5.41) is 0. The van der Waals surface area contributed by atoms with Crippen LogP contribution in [-0.4, -0.2) is 32.9 Å². The number of nitrogens with zero attached hydrogens (tertiary/aromatic N) is 4. The zero-order chi connectivity index (χ0) is 10.1. The van der Waals surface area contributed by atoms with Crippen molar-refractivity contribution < 1.29 is 0 Å². The molecule has 0 saturated carbocycles. The molecule has 0 bridgehead atoms. The summed E-state index contributed by atoms with van der Waals surface area (Å²) in [5.74, 6) is 0.898. The lowest BCUT2D eigenvalue weighted by atomic mass is 10.4. The van der Waals surface area contributed by atoms with Crippen LogP contribution in [0.15, 0.2) is 11.7 Å². The molecule has 0 aromatic carbocycles. The largest absolute Gasteiger partial charge is 0.296 e. The van der Waals surface area contributed by atoms with E-state index >= 15 is 0 Å². The van der Waals surface area contributed by atoms with Crippen molar-refractivity contribution in [2.24, 2.45) is 0 Å². The van der Waals surface area contributed by atoms with Gasteiger partial charge in [0, 0.05) is 0 Å². The molecule has 78 valence electrons. The smallest absolute Gasteiger partial charge is 0.173 e. The molecule has 5 heteroatoms. The average molecular weight is 220 g/mol. The third-order valence-corrected chi connectivity index (χ3v) is 3.46. The highest BCUT2D eigenvalue weighted by Gasteiger charge is 2.13. The first-order valence-electron chi connectivity index (χ1n) is 5.19. The fourth-order valence-electron chi connectivity index (χ4n) is 1.92. The Labute approximate surface area is 92.0 Å². The second-order valence-electron chi connectivity index (χ2n) is 3.81. The molecule has 1 saturated heterocycles. The van der Waals surface area contributed by atoms with E-state index in [0.717, 1.165) is 22.7 Å². The van der Waals surface area contributed by atoms with Gasteiger partial charge in [0.25, 0.3) is 0 Å². The quantitative estimate of drug-likeness (QED) is 0.772. The van der Waals surface area contributed by atoms with Crippen LogP contribution in [0.1, 0.15) is 18.7 Å². The molecule has 1 aliphatic heterocycles. The molecule has 3 heterocycles. The van der Waals surface area contributed by atoms with Gasteiger partial charge in [-0.3, -0.25) is 4.90 Å². The van der Waals surface area contributed by atoms with Crippen LogP contribution >= 0.6 is 11.3 Å². The molecular formula is C10H12N4S. The zero-order valence-corrected chi connectivity index (χ0v) is 9.20. The molecule has 1 fully saturated rings. The number of hydrogen-bond acceptors (Lipinski definition) is 5. The van der Waals surface area contributed by atoms with Gasteiger partial charge in [-0.1, -0.05) is 0 Å². The summed E-state index contributed by atoms with van der Waals surface area (Å²) in [4.78, 5) is 15.4. The van der Waals surface area contributed by atoms with Gasteiger partial charge in [-0.2, -0.15) is 0 Å². The molecule has 0 atom stereocenters. The standard InChI is InChI=1S/C10H12N4S/c1-2-4-14(3-1)6-9-11-5-8-10(13-9)12-7-15-8/h5,7H,1-4,6H2. The van der Waals surface area contributed by atoms with Crippen LogP contribution < -0.4 is 0 Å². The summed E-state index contributed by atoms with van der Waals surface area (Å²) in [6.07, 6.45) is 4.49. The fourth-order valence-corrected chi connectivity index (χ4v) is 2.51. The summed E-state index contributed by atoms with van der Waals surface area (Å²) in [5.41, 5.74) is 2.66. The van der Waals surface area contributed by atoms with Crippen molar-refractivity contribution >= 4 is 21.7 Å². The molecule has 0 aliphatic carbocycles. The molecule has 1 aliphatic rings. The predicted molar refractivity (Wildman–Crippen MR) is 59.7 cm³/mol. The third-order valence-electron chi connectivity index (χ3n) is 2.70. The zero-order valence-electron chi connectivity index (χ0n) is 8.39. The van der Waals surface area contributed by atoms with E-state index in [2.05, 4.69) is 19.9 Å². The highest BCUT2D eigenvalue weighted by Crippen LogP contribution is 2.15. The van der Waals surface area contributed by atoms with Crippen molar-refractivity contribution in [1.29, 1.82) is 0 Å². The molecule has 15 heavy (non-hydrogen) atoms. The van der Waals surface area contributed by atoms with E-state index in [4.69, 9.17) is 0 Å². The van der Waals surface area contributed by atoms with Gasteiger partial charge < -0.3 is 0 Å². The second kappa shape index (κ2) is 3.83. The lowest BCUT2D eigenvalue weighted by Gasteiger charge is -2.12. The summed E-state index contributed by atoms with van der Waals surface area (Å²) in [6, 6.07) is 0. The highest BCUT2D eigenvalue weighted by molar-refractivity contribution is 7.16. The van der Waals surface area contributed by atoms with Crippen molar-refractivity contribution in [2.75, 3.05) is 13.1 Å². The van der Waals surface area contributed by atoms with E-state index in [1.54, 1.807) is 11.3 Å². The molecule has 0 spiro atoms. The molecular weight excluding hydrogens is 208 g/mol. The fraction of sp³-hybridized carbons (Fsp3) is 0.500. The van der Waals surface area contributed by atoms with Crippen molar-refractivity contribution in [2.45, 2.75) is 19.4 Å². The summed E-state index contributed by atoms with van der Waals surface area (Å²) >= 11 is 1.59. The predicted octanol–water partition coefficient (Wildman–Crippen LogP) is 1.68. The van der Waals surface area contributed by atoms with E-state index in [0.29, 0.717) is 0 Å². The van der Waals surface area contributed by atoms with E-state index < -0.39 is 0 Å². The van der Waals surface area contributed by atoms with Crippen molar-refractivity contribution in [3.05, 3.63) is 17.5 Å². The van der Waals surface area contributed by atoms with Crippen molar-refractivity contribution in [3.8, 4) is 0 Å². The van der Waals surface area contributed by atoms with Crippen LogP contribution in [0, 0.1) is 0 Å². The van der Waals surface area contributed by atoms with Crippen LogP contribution in [0.4, 0.5) is 0 Å². The van der Waals surface area contributed by atoms with Gasteiger partial charge in [0.2, 0.25) is 0 Å². The summed E-state index contributed by atoms with van der Waals surface area (Å²) in [7, 11) is 0. The van der Waals surface area contributed by atoms with Gasteiger partial charge in [-0.15, -0.1) is 11.3 Å². The molecule has 0 amide bonds. The van der Waals surface area contributed by atoms with Gasteiger partial charge in [0.15, 0.2) is 5.65 Å². The topological polar surface area (TPSA) is 41.9 Å². The minimum atomic E-state index is 0.837. The van der Waals surface area contributed by atoms with Crippen LogP contribution in [0.25, 0.3) is 10.3 Å². The Morgan fingerprint density at radius 3 is 3.00 bits per heavy atom. The lowest BCUT2D eigenvalue weighted by molar-refractivity contribution is 0.323. The van der Waals surface area contributed by atoms with Crippen molar-refractivity contribution in [3.63, 3.8) is 0 Å². The third kappa shape index (κ3) is 1.85. The average Bonchev–Trinajstić information content (AvgIpc) is 2.87. The molecule has 0 unspecified atom stereocenters. The lowest BCUT2D eigenvalue weighted by Crippen LogP contribution is -2.19. The number of rotatable bonds is 2. The van der Waals surface area contributed by atoms with E-state index in [1.165, 1.54) is 25.9 Å². The van der Waals surface area contributed by atoms with Crippen LogP contribution in [0.2, 0.25) is 0 Å². The van der Waals surface area contributed by atoms with Gasteiger partial charge in [-0.05, 0) is 25.9 Å². The number of aromatic nitrogens is 3. The molecule has 0 N–H and O–H groups in total. The highest BCUT2D eigenvalue weighted by atomic mass is 32.1. The Morgan fingerprint density at radius 1 is 1.27 bits per heavy atom. The Balaban J connectivity index is 1.84. The second-order valence-corrected chi connectivity index (χ2v) is 4.70. The molecule has 2 aromatic heterocycles. The van der Waals surface area contributed by atoms with Crippen molar-refractivity contribution in [1.82, 2.24) is 19.9 Å². The normalized spacial score (nSPS) is 17.6. The van der Waals surface area contributed by atoms with Gasteiger partial charge >= 0.3 is 0 Å². The number of thiazole rings is 1. The summed E-state index contributed by atoms with van der Waals surface area (Å²) < 4.78 is 1.07. The Morgan fingerprint density at radius 2 is 2.13 bits per heavy atom. The van der Waals surface area contributed by atoms with Crippen LogP contribution in [0.3, 0.4) is 0 Å². The van der Waals surface area contributed by atoms with E-state index in [1.807, 2.05) is 11.7 Å². The number of fused-ring (bicyclic) bond motifs is 1. The first kappa shape index (κ1) is 9.18. The maximum Gasteiger partial charge on any atom is 0.173 e. The molecule has 3 rings (SSSR count). The number of hydrogen-bond donors (Lipinski definition) is 0. The van der Waals surface area contributed by atoms with Gasteiger partial charge in [0.1, 0.15) is 5.82 Å². The monoisotopic (exact) mass is 220 g/mol. The van der Waals surface area contributed by atoms with Crippen LogP contribution in [-0.2, 0) is 6.54 Å². The Kier molecular flexibility index (Phi) is 2.34. The van der Waals surface area contributed by atoms with Crippen LogP contribution in [0.5, 0.6) is 0 Å². The SMILES string of the molecule is c1nc2nc(CN3CCCC3)ncc2s1. The van der Waals surface area contributed by atoms with Gasteiger partial charge in [0.05, 0.1) is 23.0 Å². The minimum absolute atomic E-state index is 0.837. The minimum Gasteiger partial charge on any atom is -0.296 e. The van der Waals surface area contributed by atoms with E-state index in [9.17, 15) is 0 Å². The maximum atomic E-state index is 4.45. The number of likely N-dealkylation sites (tertiary alicyclic amines) is 1. The molecule has 4 nitrogen and oxygen atoms in total. The Bertz CT molecular complexity index is 461. The van der Waals surface area contributed by atoms with Gasteiger partial charge in [-0.25, -0.2) is 15.0 Å².